The molecule has 2 aliphatic rings. The molecule has 1 heterocycles. The van der Waals surface area contributed by atoms with Gasteiger partial charge in [-0.3, -0.25) is 0 Å². The van der Waals surface area contributed by atoms with Crippen LogP contribution in [0.2, 0.25) is 0 Å². The molecule has 1 aliphatic heterocycles. The molecule has 0 amide bonds. The minimum absolute atomic E-state index is 0.150. The molecule has 6 nitrogen and oxygen atoms in total. The zero-order chi connectivity index (χ0) is 15.8. The highest BCUT2D eigenvalue weighted by Gasteiger charge is 2.37. The number of ether oxygens (including phenoxy) is 2. The summed E-state index contributed by atoms with van der Waals surface area (Å²) in [4.78, 5) is 0.150. The summed E-state index contributed by atoms with van der Waals surface area (Å²) >= 11 is 3.31. The smallest absolute Gasteiger partial charge is 0.242 e. The molecule has 122 valence electrons. The maximum absolute atomic E-state index is 12.8. The molecular formula is C14H19BrN2O4S. The lowest BCUT2D eigenvalue weighted by Crippen LogP contribution is -2.51. The minimum atomic E-state index is -3.69. The first-order chi connectivity index (χ1) is 10.5. The highest BCUT2D eigenvalue weighted by molar-refractivity contribution is 9.10. The van der Waals surface area contributed by atoms with Crippen LogP contribution in [0.5, 0.6) is 11.5 Å². The summed E-state index contributed by atoms with van der Waals surface area (Å²) in [6.07, 6.45) is 3.51. The van der Waals surface area contributed by atoms with E-state index in [9.17, 15) is 8.42 Å². The summed E-state index contributed by atoms with van der Waals surface area (Å²) < 4.78 is 39.7. The Morgan fingerprint density at radius 1 is 1.18 bits per heavy atom. The number of benzene rings is 1. The molecule has 3 N–H and O–H groups in total. The van der Waals surface area contributed by atoms with Gasteiger partial charge in [0.1, 0.15) is 18.1 Å². The van der Waals surface area contributed by atoms with Crippen molar-refractivity contribution < 1.29 is 17.9 Å². The van der Waals surface area contributed by atoms with Gasteiger partial charge in [0.25, 0.3) is 0 Å². The minimum Gasteiger partial charge on any atom is -0.486 e. The molecule has 22 heavy (non-hydrogen) atoms. The van der Waals surface area contributed by atoms with Gasteiger partial charge in [-0.1, -0.05) is 12.8 Å². The lowest BCUT2D eigenvalue weighted by Gasteiger charge is -2.29. The zero-order valence-corrected chi connectivity index (χ0v) is 14.5. The van der Waals surface area contributed by atoms with Crippen LogP contribution in [0.4, 0.5) is 0 Å². The summed E-state index contributed by atoms with van der Waals surface area (Å²) in [5, 5.41) is 0. The van der Waals surface area contributed by atoms with Crippen LogP contribution >= 0.6 is 15.9 Å². The van der Waals surface area contributed by atoms with Crippen LogP contribution in [-0.4, -0.2) is 33.7 Å². The SMILES string of the molecule is NCC1(NS(=O)(=O)c2cc3c(cc2Br)OCCO3)CCCC1. The van der Waals surface area contributed by atoms with Crippen LogP contribution in [0, 0.1) is 0 Å². The third kappa shape index (κ3) is 2.97. The fourth-order valence-electron chi connectivity index (χ4n) is 2.99. The van der Waals surface area contributed by atoms with E-state index in [4.69, 9.17) is 15.2 Å². The van der Waals surface area contributed by atoms with Crippen molar-refractivity contribution >= 4 is 26.0 Å². The number of hydrogen-bond acceptors (Lipinski definition) is 5. The van der Waals surface area contributed by atoms with Crippen molar-refractivity contribution in [3.63, 3.8) is 0 Å². The number of fused-ring (bicyclic) bond motifs is 1. The summed E-state index contributed by atoms with van der Waals surface area (Å²) in [7, 11) is -3.69. The molecular weight excluding hydrogens is 372 g/mol. The van der Waals surface area contributed by atoms with Gasteiger partial charge in [0.15, 0.2) is 11.5 Å². The Hall–Kier alpha value is -0.830. The first kappa shape index (κ1) is 16.0. The van der Waals surface area contributed by atoms with Gasteiger partial charge in [0.2, 0.25) is 10.0 Å². The Labute approximate surface area is 138 Å². The second-order valence-electron chi connectivity index (χ2n) is 5.72. The van der Waals surface area contributed by atoms with Crippen molar-refractivity contribution in [1.82, 2.24) is 4.72 Å². The number of sulfonamides is 1. The summed E-state index contributed by atoms with van der Waals surface area (Å²) in [5.74, 6) is 0.995. The molecule has 1 fully saturated rings. The number of hydrogen-bond donors (Lipinski definition) is 2. The molecule has 1 saturated carbocycles. The predicted octanol–water partition coefficient (Wildman–Crippen LogP) is 1.77. The van der Waals surface area contributed by atoms with Crippen LogP contribution < -0.4 is 19.9 Å². The number of nitrogens with one attached hydrogen (secondary N) is 1. The molecule has 3 rings (SSSR count). The third-order valence-electron chi connectivity index (χ3n) is 4.19. The van der Waals surface area contributed by atoms with Gasteiger partial charge in [-0.15, -0.1) is 0 Å². The largest absolute Gasteiger partial charge is 0.486 e. The van der Waals surface area contributed by atoms with Crippen molar-refractivity contribution in [3.05, 3.63) is 16.6 Å². The van der Waals surface area contributed by atoms with E-state index in [0.29, 0.717) is 35.7 Å². The van der Waals surface area contributed by atoms with Crippen LogP contribution in [0.1, 0.15) is 25.7 Å². The molecule has 8 heteroatoms. The van der Waals surface area contributed by atoms with Crippen LogP contribution in [0.25, 0.3) is 0 Å². The van der Waals surface area contributed by atoms with Gasteiger partial charge in [-0.25, -0.2) is 13.1 Å². The topological polar surface area (TPSA) is 90.7 Å². The van der Waals surface area contributed by atoms with E-state index in [1.165, 1.54) is 6.07 Å². The Balaban J connectivity index is 1.95. The molecule has 0 radical (unpaired) electrons. The van der Waals surface area contributed by atoms with Crippen LogP contribution in [0.3, 0.4) is 0 Å². The molecule has 0 aromatic heterocycles. The van der Waals surface area contributed by atoms with Gasteiger partial charge in [0.05, 0.1) is 0 Å². The predicted molar refractivity (Wildman–Crippen MR) is 85.7 cm³/mol. The highest BCUT2D eigenvalue weighted by Crippen LogP contribution is 2.38. The molecule has 1 aromatic carbocycles. The zero-order valence-electron chi connectivity index (χ0n) is 12.1. The fourth-order valence-corrected chi connectivity index (χ4v) is 5.50. The quantitative estimate of drug-likeness (QED) is 0.817. The Morgan fingerprint density at radius 2 is 1.77 bits per heavy atom. The van der Waals surface area contributed by atoms with Crippen LogP contribution in [0.15, 0.2) is 21.5 Å². The van der Waals surface area contributed by atoms with E-state index in [1.54, 1.807) is 6.07 Å². The normalized spacial score (nSPS) is 20.1. The van der Waals surface area contributed by atoms with E-state index >= 15 is 0 Å². The van der Waals surface area contributed by atoms with Gasteiger partial charge in [-0.05, 0) is 34.8 Å². The lowest BCUT2D eigenvalue weighted by molar-refractivity contribution is 0.171. The summed E-state index contributed by atoms with van der Waals surface area (Å²) in [6.45, 7) is 1.17. The van der Waals surface area contributed by atoms with E-state index in [2.05, 4.69) is 20.7 Å². The lowest BCUT2D eigenvalue weighted by atomic mass is 10.0. The first-order valence-electron chi connectivity index (χ1n) is 7.29. The molecule has 0 spiro atoms. The number of nitrogens with two attached hydrogens (primary N) is 1. The Kier molecular flexibility index (Phi) is 4.37. The highest BCUT2D eigenvalue weighted by atomic mass is 79.9. The van der Waals surface area contributed by atoms with Crippen molar-refractivity contribution in [3.8, 4) is 11.5 Å². The average molecular weight is 391 g/mol. The van der Waals surface area contributed by atoms with Crippen molar-refractivity contribution in [1.29, 1.82) is 0 Å². The monoisotopic (exact) mass is 390 g/mol. The van der Waals surface area contributed by atoms with Crippen LogP contribution in [-0.2, 0) is 10.0 Å². The van der Waals surface area contributed by atoms with Crippen molar-refractivity contribution in [2.75, 3.05) is 19.8 Å². The summed E-state index contributed by atoms with van der Waals surface area (Å²) in [5.41, 5.74) is 5.28. The molecule has 0 atom stereocenters. The number of rotatable bonds is 4. The van der Waals surface area contributed by atoms with Gasteiger partial charge in [-0.2, -0.15) is 0 Å². The first-order valence-corrected chi connectivity index (χ1v) is 9.57. The molecule has 1 aromatic rings. The third-order valence-corrected chi connectivity index (χ3v) is 6.73. The van der Waals surface area contributed by atoms with E-state index < -0.39 is 15.6 Å². The van der Waals surface area contributed by atoms with E-state index in [0.717, 1.165) is 25.7 Å². The molecule has 0 bridgehead atoms. The number of halogens is 1. The van der Waals surface area contributed by atoms with Crippen molar-refractivity contribution in [2.45, 2.75) is 36.1 Å². The fraction of sp³-hybridized carbons (Fsp3) is 0.571. The molecule has 1 aliphatic carbocycles. The van der Waals surface area contributed by atoms with E-state index in [1.807, 2.05) is 0 Å². The van der Waals surface area contributed by atoms with Gasteiger partial charge in [0, 0.05) is 22.6 Å². The van der Waals surface area contributed by atoms with E-state index in [-0.39, 0.29) is 4.90 Å². The molecule has 0 unspecified atom stereocenters. The Morgan fingerprint density at radius 3 is 2.36 bits per heavy atom. The second-order valence-corrected chi connectivity index (χ2v) is 8.23. The maximum Gasteiger partial charge on any atom is 0.242 e. The molecule has 0 saturated heterocycles. The standard InChI is InChI=1S/C14H19BrN2O4S/c15-10-7-11-12(21-6-5-20-11)8-13(10)22(18,19)17-14(9-16)3-1-2-4-14/h7-8,17H,1-6,9,16H2. The Bertz CT molecular complexity index is 672. The summed E-state index contributed by atoms with van der Waals surface area (Å²) in [6, 6.07) is 3.13. The van der Waals surface area contributed by atoms with Gasteiger partial charge >= 0.3 is 0 Å². The average Bonchev–Trinajstić information content (AvgIpc) is 2.94. The van der Waals surface area contributed by atoms with Gasteiger partial charge < -0.3 is 15.2 Å². The second kappa shape index (κ2) is 5.99. The maximum atomic E-state index is 12.8. The van der Waals surface area contributed by atoms with Crippen molar-refractivity contribution in [2.24, 2.45) is 5.73 Å².